The second-order valence-electron chi connectivity index (χ2n) is 5.25. The van der Waals surface area contributed by atoms with E-state index in [-0.39, 0.29) is 0 Å². The van der Waals surface area contributed by atoms with E-state index in [0.717, 1.165) is 31.2 Å². The van der Waals surface area contributed by atoms with Crippen molar-refractivity contribution in [3.63, 3.8) is 0 Å². The smallest absolute Gasteiger partial charge is 0.224 e. The number of rotatable bonds is 7. The van der Waals surface area contributed by atoms with E-state index in [1.165, 1.54) is 0 Å². The number of nitrogens with zero attached hydrogens (tertiary/aromatic N) is 3. The van der Waals surface area contributed by atoms with Crippen molar-refractivity contribution in [2.45, 2.75) is 46.6 Å². The van der Waals surface area contributed by atoms with E-state index < -0.39 is 0 Å². The van der Waals surface area contributed by atoms with Crippen LogP contribution in [-0.4, -0.2) is 29.6 Å². The average Bonchev–Trinajstić information content (AvgIpc) is 2.35. The van der Waals surface area contributed by atoms with Crippen molar-refractivity contribution in [1.82, 2.24) is 9.97 Å². The molecule has 4 heteroatoms. The molecule has 0 radical (unpaired) electrons. The van der Waals surface area contributed by atoms with Gasteiger partial charge in [0.1, 0.15) is 5.82 Å². The molecule has 1 atom stereocenters. The van der Waals surface area contributed by atoms with Crippen molar-refractivity contribution >= 4 is 11.8 Å². The van der Waals surface area contributed by atoms with Crippen LogP contribution in [0.25, 0.3) is 0 Å². The minimum atomic E-state index is 0.485. The highest BCUT2D eigenvalue weighted by Crippen LogP contribution is 2.17. The SMILES string of the molecule is CCCNc1nccc(N(C)C(C)CC(C)C)n1. The van der Waals surface area contributed by atoms with Crippen LogP contribution in [0.5, 0.6) is 0 Å². The number of nitrogens with one attached hydrogen (secondary N) is 1. The molecule has 1 N–H and O–H groups in total. The summed E-state index contributed by atoms with van der Waals surface area (Å²) in [6.45, 7) is 9.78. The van der Waals surface area contributed by atoms with Gasteiger partial charge in [0.25, 0.3) is 0 Å². The fraction of sp³-hybridized carbons (Fsp3) is 0.714. The summed E-state index contributed by atoms with van der Waals surface area (Å²) < 4.78 is 0. The Morgan fingerprint density at radius 2 is 2.06 bits per heavy atom. The lowest BCUT2D eigenvalue weighted by Crippen LogP contribution is -2.31. The van der Waals surface area contributed by atoms with Gasteiger partial charge in [-0.1, -0.05) is 20.8 Å². The zero-order valence-corrected chi connectivity index (χ0v) is 12.3. The monoisotopic (exact) mass is 250 g/mol. The summed E-state index contributed by atoms with van der Waals surface area (Å²) in [5.41, 5.74) is 0. The van der Waals surface area contributed by atoms with E-state index in [2.05, 4.69) is 54.9 Å². The first kappa shape index (κ1) is 14.7. The molecule has 1 aromatic rings. The maximum Gasteiger partial charge on any atom is 0.224 e. The summed E-state index contributed by atoms with van der Waals surface area (Å²) in [5.74, 6) is 2.40. The second-order valence-corrected chi connectivity index (χ2v) is 5.25. The lowest BCUT2D eigenvalue weighted by atomic mass is 10.0. The van der Waals surface area contributed by atoms with Gasteiger partial charge in [0.2, 0.25) is 5.95 Å². The molecule has 1 aromatic heterocycles. The van der Waals surface area contributed by atoms with E-state index in [9.17, 15) is 0 Å². The third-order valence-electron chi connectivity index (χ3n) is 3.01. The van der Waals surface area contributed by atoms with Crippen molar-refractivity contribution in [3.05, 3.63) is 12.3 Å². The van der Waals surface area contributed by atoms with Crippen molar-refractivity contribution in [1.29, 1.82) is 0 Å². The highest BCUT2D eigenvalue weighted by atomic mass is 15.2. The Balaban J connectivity index is 2.69. The van der Waals surface area contributed by atoms with E-state index >= 15 is 0 Å². The molecule has 0 amide bonds. The molecule has 4 nitrogen and oxygen atoms in total. The van der Waals surface area contributed by atoms with Crippen LogP contribution in [0.1, 0.15) is 40.5 Å². The van der Waals surface area contributed by atoms with Crippen LogP contribution < -0.4 is 10.2 Å². The van der Waals surface area contributed by atoms with E-state index in [1.807, 2.05) is 12.3 Å². The summed E-state index contributed by atoms with van der Waals surface area (Å²) in [6.07, 6.45) is 4.06. The first-order valence-corrected chi connectivity index (χ1v) is 6.84. The molecule has 0 bridgehead atoms. The fourth-order valence-corrected chi connectivity index (χ4v) is 1.93. The normalized spacial score (nSPS) is 12.6. The van der Waals surface area contributed by atoms with E-state index in [1.54, 1.807) is 0 Å². The van der Waals surface area contributed by atoms with Crippen molar-refractivity contribution in [2.75, 3.05) is 23.8 Å². The van der Waals surface area contributed by atoms with Crippen LogP contribution in [-0.2, 0) is 0 Å². The standard InChI is InChI=1S/C14H26N4/c1-6-8-15-14-16-9-7-13(17-14)18(5)12(4)10-11(2)3/h7,9,11-12H,6,8,10H2,1-5H3,(H,15,16,17). The topological polar surface area (TPSA) is 41.1 Å². The molecule has 1 unspecified atom stereocenters. The lowest BCUT2D eigenvalue weighted by Gasteiger charge is -2.27. The maximum atomic E-state index is 4.54. The average molecular weight is 250 g/mol. The lowest BCUT2D eigenvalue weighted by molar-refractivity contribution is 0.502. The van der Waals surface area contributed by atoms with Gasteiger partial charge in [-0.2, -0.15) is 4.98 Å². The van der Waals surface area contributed by atoms with Crippen LogP contribution in [0.15, 0.2) is 12.3 Å². The summed E-state index contributed by atoms with van der Waals surface area (Å²) in [4.78, 5) is 11.0. The number of aromatic nitrogens is 2. The Labute approximate surface area is 111 Å². The van der Waals surface area contributed by atoms with Crippen LogP contribution in [0.3, 0.4) is 0 Å². The van der Waals surface area contributed by atoms with Crippen LogP contribution in [0, 0.1) is 5.92 Å². The second kappa shape index (κ2) is 7.19. The molecule has 0 fully saturated rings. The van der Waals surface area contributed by atoms with Gasteiger partial charge in [0.05, 0.1) is 0 Å². The molecule has 0 aliphatic rings. The number of hydrogen-bond donors (Lipinski definition) is 1. The molecule has 1 heterocycles. The van der Waals surface area contributed by atoms with Crippen LogP contribution in [0.2, 0.25) is 0 Å². The molecule has 0 saturated heterocycles. The molecule has 1 rings (SSSR count). The molecular weight excluding hydrogens is 224 g/mol. The first-order chi connectivity index (χ1) is 8.54. The molecule has 0 aliphatic carbocycles. The third kappa shape index (κ3) is 4.51. The molecular formula is C14H26N4. The zero-order chi connectivity index (χ0) is 13.5. The van der Waals surface area contributed by atoms with Gasteiger partial charge in [-0.3, -0.25) is 0 Å². The minimum Gasteiger partial charge on any atom is -0.357 e. The van der Waals surface area contributed by atoms with Crippen molar-refractivity contribution in [2.24, 2.45) is 5.92 Å². The van der Waals surface area contributed by atoms with Crippen LogP contribution in [0.4, 0.5) is 11.8 Å². The van der Waals surface area contributed by atoms with Crippen molar-refractivity contribution in [3.8, 4) is 0 Å². The zero-order valence-electron chi connectivity index (χ0n) is 12.3. The maximum absolute atomic E-state index is 4.54. The van der Waals surface area contributed by atoms with E-state index in [0.29, 0.717) is 12.0 Å². The molecule has 18 heavy (non-hydrogen) atoms. The van der Waals surface area contributed by atoms with Gasteiger partial charge < -0.3 is 10.2 Å². The Morgan fingerprint density at radius 3 is 2.67 bits per heavy atom. The largest absolute Gasteiger partial charge is 0.357 e. The highest BCUT2D eigenvalue weighted by Gasteiger charge is 2.13. The summed E-state index contributed by atoms with van der Waals surface area (Å²) >= 11 is 0. The van der Waals surface area contributed by atoms with Gasteiger partial charge >= 0.3 is 0 Å². The number of hydrogen-bond acceptors (Lipinski definition) is 4. The Morgan fingerprint density at radius 1 is 1.33 bits per heavy atom. The van der Waals surface area contributed by atoms with Gasteiger partial charge in [-0.15, -0.1) is 0 Å². The molecule has 0 aliphatic heterocycles. The van der Waals surface area contributed by atoms with Gasteiger partial charge in [-0.05, 0) is 31.7 Å². The highest BCUT2D eigenvalue weighted by molar-refractivity contribution is 5.42. The Hall–Kier alpha value is -1.32. The van der Waals surface area contributed by atoms with Crippen LogP contribution >= 0.6 is 0 Å². The Kier molecular flexibility index (Phi) is 5.89. The molecule has 0 aromatic carbocycles. The first-order valence-electron chi connectivity index (χ1n) is 6.84. The summed E-state index contributed by atoms with van der Waals surface area (Å²) in [6, 6.07) is 2.45. The number of anilines is 2. The van der Waals surface area contributed by atoms with Crippen molar-refractivity contribution < 1.29 is 0 Å². The molecule has 0 saturated carbocycles. The summed E-state index contributed by atoms with van der Waals surface area (Å²) in [7, 11) is 2.10. The van der Waals surface area contributed by atoms with E-state index in [4.69, 9.17) is 0 Å². The Bertz CT molecular complexity index is 351. The quantitative estimate of drug-likeness (QED) is 0.807. The minimum absolute atomic E-state index is 0.485. The van der Waals surface area contributed by atoms with Gasteiger partial charge in [-0.25, -0.2) is 4.98 Å². The van der Waals surface area contributed by atoms with Gasteiger partial charge in [0, 0.05) is 25.8 Å². The predicted octanol–water partition coefficient (Wildman–Crippen LogP) is 3.17. The third-order valence-corrected chi connectivity index (χ3v) is 3.01. The molecule has 102 valence electrons. The fourth-order valence-electron chi connectivity index (χ4n) is 1.93. The molecule has 0 spiro atoms. The predicted molar refractivity (Wildman–Crippen MR) is 78.1 cm³/mol. The summed E-state index contributed by atoms with van der Waals surface area (Å²) in [5, 5.41) is 3.22. The van der Waals surface area contributed by atoms with Gasteiger partial charge in [0.15, 0.2) is 0 Å².